The highest BCUT2D eigenvalue weighted by atomic mass is 35.5. The van der Waals surface area contributed by atoms with Crippen LogP contribution in [-0.2, 0) is 4.79 Å². The van der Waals surface area contributed by atoms with Crippen LogP contribution in [0.15, 0.2) is 24.3 Å². The quantitative estimate of drug-likeness (QED) is 0.672. The second-order valence-corrected chi connectivity index (χ2v) is 6.88. The summed E-state index contributed by atoms with van der Waals surface area (Å²) in [5.41, 5.74) is 0.510. The monoisotopic (exact) mass is 383 g/mol. The molecule has 0 aromatic heterocycles. The second-order valence-electron chi connectivity index (χ2n) is 6.88. The van der Waals surface area contributed by atoms with E-state index >= 15 is 0 Å². The molecule has 0 bridgehead atoms. The fourth-order valence-electron chi connectivity index (χ4n) is 2.96. The lowest BCUT2D eigenvalue weighted by atomic mass is 9.98. The van der Waals surface area contributed by atoms with Gasteiger partial charge in [-0.25, -0.2) is 0 Å². The van der Waals surface area contributed by atoms with Gasteiger partial charge in [0.2, 0.25) is 5.91 Å². The smallest absolute Gasteiger partial charge is 0.251 e. The SMILES string of the molecule is COc1ccc(C(=O)NC(C(=O)NCC2CCCNC2)C(C)C)cc1.Cl. The van der Waals surface area contributed by atoms with Crippen molar-refractivity contribution < 1.29 is 14.3 Å². The van der Waals surface area contributed by atoms with Crippen molar-refractivity contribution >= 4 is 24.2 Å². The lowest BCUT2D eigenvalue weighted by molar-refractivity contribution is -0.124. The molecule has 1 heterocycles. The van der Waals surface area contributed by atoms with E-state index in [1.807, 2.05) is 13.8 Å². The number of rotatable bonds is 7. The van der Waals surface area contributed by atoms with Crippen LogP contribution in [0.3, 0.4) is 0 Å². The number of halogens is 1. The molecule has 1 aromatic carbocycles. The van der Waals surface area contributed by atoms with Crippen molar-refractivity contribution in [1.29, 1.82) is 0 Å². The number of carbonyl (C=O) groups excluding carboxylic acids is 2. The van der Waals surface area contributed by atoms with Crippen LogP contribution >= 0.6 is 12.4 Å². The molecule has 0 radical (unpaired) electrons. The molecule has 1 aliphatic rings. The van der Waals surface area contributed by atoms with Gasteiger partial charge in [0.15, 0.2) is 0 Å². The van der Waals surface area contributed by atoms with Crippen LogP contribution < -0.4 is 20.7 Å². The Hall–Kier alpha value is -1.79. The van der Waals surface area contributed by atoms with Crippen LogP contribution in [0.1, 0.15) is 37.0 Å². The molecule has 2 atom stereocenters. The van der Waals surface area contributed by atoms with Gasteiger partial charge in [-0.15, -0.1) is 12.4 Å². The molecule has 1 saturated heterocycles. The van der Waals surface area contributed by atoms with E-state index in [1.165, 1.54) is 0 Å². The summed E-state index contributed by atoms with van der Waals surface area (Å²) in [5.74, 6) is 0.781. The third kappa shape index (κ3) is 6.50. The van der Waals surface area contributed by atoms with Crippen molar-refractivity contribution in [3.63, 3.8) is 0 Å². The number of nitrogens with one attached hydrogen (secondary N) is 3. The van der Waals surface area contributed by atoms with Crippen LogP contribution in [0.4, 0.5) is 0 Å². The molecule has 2 unspecified atom stereocenters. The lowest BCUT2D eigenvalue weighted by Crippen LogP contribution is -2.51. The topological polar surface area (TPSA) is 79.5 Å². The minimum Gasteiger partial charge on any atom is -0.497 e. The van der Waals surface area contributed by atoms with Gasteiger partial charge in [0.1, 0.15) is 11.8 Å². The van der Waals surface area contributed by atoms with E-state index < -0.39 is 6.04 Å². The van der Waals surface area contributed by atoms with Crippen LogP contribution in [0.5, 0.6) is 5.75 Å². The Kier molecular flexibility index (Phi) is 9.44. The molecular weight excluding hydrogens is 354 g/mol. The Morgan fingerprint density at radius 1 is 1.27 bits per heavy atom. The summed E-state index contributed by atoms with van der Waals surface area (Å²) in [7, 11) is 1.58. The number of amides is 2. The zero-order valence-corrected chi connectivity index (χ0v) is 16.5. The van der Waals surface area contributed by atoms with Gasteiger partial charge in [-0.3, -0.25) is 9.59 Å². The number of methoxy groups -OCH3 is 1. The van der Waals surface area contributed by atoms with Crippen molar-refractivity contribution in [3.05, 3.63) is 29.8 Å². The summed E-state index contributed by atoms with van der Waals surface area (Å²) in [6.45, 7) is 6.50. The highest BCUT2D eigenvalue weighted by molar-refractivity contribution is 5.97. The van der Waals surface area contributed by atoms with E-state index in [0.717, 1.165) is 25.9 Å². The molecular formula is C19H30ClN3O3. The molecule has 7 heteroatoms. The Bertz CT molecular complexity index is 572. The minimum atomic E-state index is -0.550. The first-order chi connectivity index (χ1) is 12.0. The molecule has 1 fully saturated rings. The molecule has 2 amide bonds. The average molecular weight is 384 g/mol. The molecule has 0 saturated carbocycles. The fourth-order valence-corrected chi connectivity index (χ4v) is 2.96. The summed E-state index contributed by atoms with van der Waals surface area (Å²) < 4.78 is 5.10. The first-order valence-electron chi connectivity index (χ1n) is 8.94. The van der Waals surface area contributed by atoms with Gasteiger partial charge < -0.3 is 20.7 Å². The van der Waals surface area contributed by atoms with Crippen molar-refractivity contribution in [1.82, 2.24) is 16.0 Å². The Balaban J connectivity index is 0.00000338. The summed E-state index contributed by atoms with van der Waals surface area (Å²) in [6.07, 6.45) is 2.26. The van der Waals surface area contributed by atoms with Crippen molar-refractivity contribution in [2.45, 2.75) is 32.7 Å². The molecule has 1 aliphatic heterocycles. The molecule has 146 valence electrons. The van der Waals surface area contributed by atoms with Crippen LogP contribution in [0.25, 0.3) is 0 Å². The summed E-state index contributed by atoms with van der Waals surface area (Å²) in [5, 5.41) is 9.19. The number of carbonyl (C=O) groups is 2. The van der Waals surface area contributed by atoms with Gasteiger partial charge in [0, 0.05) is 12.1 Å². The number of piperidine rings is 1. The number of hydrogen-bond acceptors (Lipinski definition) is 4. The molecule has 6 nitrogen and oxygen atoms in total. The molecule has 1 aromatic rings. The zero-order valence-electron chi connectivity index (χ0n) is 15.7. The predicted molar refractivity (Wildman–Crippen MR) is 105 cm³/mol. The fraction of sp³-hybridized carbons (Fsp3) is 0.579. The van der Waals surface area contributed by atoms with Crippen molar-refractivity contribution in [2.75, 3.05) is 26.7 Å². The van der Waals surface area contributed by atoms with Crippen LogP contribution in [0, 0.1) is 11.8 Å². The van der Waals surface area contributed by atoms with E-state index in [2.05, 4.69) is 16.0 Å². The van der Waals surface area contributed by atoms with E-state index in [9.17, 15) is 9.59 Å². The average Bonchev–Trinajstić information content (AvgIpc) is 2.64. The van der Waals surface area contributed by atoms with Gasteiger partial charge in [-0.1, -0.05) is 13.8 Å². The van der Waals surface area contributed by atoms with Crippen LogP contribution in [0.2, 0.25) is 0 Å². The first-order valence-corrected chi connectivity index (χ1v) is 8.94. The molecule has 0 spiro atoms. The highest BCUT2D eigenvalue weighted by Crippen LogP contribution is 2.13. The summed E-state index contributed by atoms with van der Waals surface area (Å²) >= 11 is 0. The molecule has 2 rings (SSSR count). The van der Waals surface area contributed by atoms with E-state index in [-0.39, 0.29) is 30.1 Å². The van der Waals surface area contributed by atoms with Gasteiger partial charge in [0.25, 0.3) is 5.91 Å². The maximum absolute atomic E-state index is 12.5. The zero-order chi connectivity index (χ0) is 18.2. The number of hydrogen-bond donors (Lipinski definition) is 3. The Morgan fingerprint density at radius 3 is 2.50 bits per heavy atom. The maximum Gasteiger partial charge on any atom is 0.251 e. The van der Waals surface area contributed by atoms with Gasteiger partial charge in [0.05, 0.1) is 7.11 Å². The van der Waals surface area contributed by atoms with Crippen LogP contribution in [-0.4, -0.2) is 44.6 Å². The Morgan fingerprint density at radius 2 is 1.96 bits per heavy atom. The van der Waals surface area contributed by atoms with E-state index in [0.29, 0.717) is 23.8 Å². The third-order valence-electron chi connectivity index (χ3n) is 4.55. The maximum atomic E-state index is 12.5. The van der Waals surface area contributed by atoms with Gasteiger partial charge in [-0.2, -0.15) is 0 Å². The number of benzene rings is 1. The lowest BCUT2D eigenvalue weighted by Gasteiger charge is -2.26. The second kappa shape index (κ2) is 11.0. The summed E-state index contributed by atoms with van der Waals surface area (Å²) in [6, 6.07) is 6.30. The van der Waals surface area contributed by atoms with Gasteiger partial charge >= 0.3 is 0 Å². The van der Waals surface area contributed by atoms with E-state index in [1.54, 1.807) is 31.4 Å². The number of ether oxygens (including phenoxy) is 1. The van der Waals surface area contributed by atoms with Crippen molar-refractivity contribution in [2.24, 2.45) is 11.8 Å². The minimum absolute atomic E-state index is 0. The molecule has 3 N–H and O–H groups in total. The van der Waals surface area contributed by atoms with Gasteiger partial charge in [-0.05, 0) is 62.0 Å². The standard InChI is InChI=1S/C19H29N3O3.ClH/c1-13(2)17(19(24)21-12-14-5-4-10-20-11-14)22-18(23)15-6-8-16(25-3)9-7-15;/h6-9,13-14,17,20H,4-5,10-12H2,1-3H3,(H,21,24)(H,22,23);1H. The molecule has 26 heavy (non-hydrogen) atoms. The van der Waals surface area contributed by atoms with Crippen molar-refractivity contribution in [3.8, 4) is 5.75 Å². The summed E-state index contributed by atoms with van der Waals surface area (Å²) in [4.78, 5) is 25.0. The first kappa shape index (κ1) is 22.3. The molecule has 0 aliphatic carbocycles. The third-order valence-corrected chi connectivity index (χ3v) is 4.55. The largest absolute Gasteiger partial charge is 0.497 e. The predicted octanol–water partition coefficient (Wildman–Crippen LogP) is 1.99. The highest BCUT2D eigenvalue weighted by Gasteiger charge is 2.25. The van der Waals surface area contributed by atoms with E-state index in [4.69, 9.17) is 4.74 Å². The normalized spacial score (nSPS) is 17.8. The Labute approximate surface area is 161 Å².